The highest BCUT2D eigenvalue weighted by Crippen LogP contribution is 2.41. The third-order valence-corrected chi connectivity index (χ3v) is 7.12. The van der Waals surface area contributed by atoms with Crippen LogP contribution in [0.1, 0.15) is 34.9 Å². The van der Waals surface area contributed by atoms with Crippen LogP contribution < -0.4 is 5.01 Å². The van der Waals surface area contributed by atoms with E-state index in [1.807, 2.05) is 41.8 Å². The van der Waals surface area contributed by atoms with Crippen LogP contribution in [0.3, 0.4) is 0 Å². The number of benzene rings is 3. The molecular formula is C29H19ClF7N3O. The first-order chi connectivity index (χ1) is 19.2. The number of hydrazone groups is 1. The number of nitrogens with zero attached hydrogens (tertiary/aromatic N) is 3. The minimum atomic E-state index is -5.72. The standard InChI is InChI=1S/C29H19ClF7N3O/c1-13-4-9-21-20(10-13)19(15(3)39(21)12-16-5-7-17(30)8-6-16)11-18-14(2)38-40(28(18)41)27-25(33)23(31)22(29(35,36)37)24(32)26(27)34/h4-11H,12H2,1-3H3/b18-11+. The molecular weight excluding hydrogens is 575 g/mol. The maximum Gasteiger partial charge on any atom is 0.422 e. The van der Waals surface area contributed by atoms with Crippen molar-refractivity contribution >= 4 is 45.9 Å². The molecule has 0 atom stereocenters. The van der Waals surface area contributed by atoms with Crippen molar-refractivity contribution in [2.45, 2.75) is 33.5 Å². The minimum Gasteiger partial charge on any atom is -0.340 e. The summed E-state index contributed by atoms with van der Waals surface area (Å²) in [6, 6.07) is 12.9. The lowest BCUT2D eigenvalue weighted by molar-refractivity contribution is -0.143. The Bertz CT molecular complexity index is 1780. The van der Waals surface area contributed by atoms with Crippen LogP contribution in [0.2, 0.25) is 5.02 Å². The predicted molar refractivity (Wildman–Crippen MR) is 142 cm³/mol. The Labute approximate surface area is 233 Å². The summed E-state index contributed by atoms with van der Waals surface area (Å²) in [7, 11) is 0. The monoisotopic (exact) mass is 593 g/mol. The van der Waals surface area contributed by atoms with E-state index < -0.39 is 46.6 Å². The largest absolute Gasteiger partial charge is 0.422 e. The average molecular weight is 594 g/mol. The summed E-state index contributed by atoms with van der Waals surface area (Å²) in [5, 5.41) is 5.09. The zero-order chi connectivity index (χ0) is 30.0. The summed E-state index contributed by atoms with van der Waals surface area (Å²) in [4.78, 5) is 13.3. The fourth-order valence-corrected chi connectivity index (χ4v) is 4.94. The van der Waals surface area contributed by atoms with E-state index in [1.165, 1.54) is 13.0 Å². The molecule has 0 radical (unpaired) electrons. The highest BCUT2D eigenvalue weighted by atomic mass is 35.5. The molecule has 1 amide bonds. The molecule has 212 valence electrons. The molecule has 1 aliphatic heterocycles. The van der Waals surface area contributed by atoms with Crippen molar-refractivity contribution in [3.63, 3.8) is 0 Å². The molecule has 41 heavy (non-hydrogen) atoms. The number of carbonyl (C=O) groups is 1. The molecule has 0 saturated carbocycles. The molecule has 0 saturated heterocycles. The molecule has 1 aliphatic rings. The smallest absolute Gasteiger partial charge is 0.340 e. The summed E-state index contributed by atoms with van der Waals surface area (Å²) in [6.07, 6.45) is -4.28. The van der Waals surface area contributed by atoms with Crippen LogP contribution >= 0.6 is 11.6 Å². The van der Waals surface area contributed by atoms with E-state index >= 15 is 0 Å². The number of halogens is 8. The van der Waals surface area contributed by atoms with Crippen LogP contribution in [0.25, 0.3) is 17.0 Å². The number of carbonyl (C=O) groups excluding carboxylic acids is 1. The van der Waals surface area contributed by atoms with E-state index in [1.54, 1.807) is 19.1 Å². The number of aryl methyl sites for hydroxylation is 1. The van der Waals surface area contributed by atoms with Gasteiger partial charge in [0.05, 0.1) is 11.3 Å². The van der Waals surface area contributed by atoms with Crippen molar-refractivity contribution in [2.75, 3.05) is 5.01 Å². The number of fused-ring (bicyclic) bond motifs is 1. The second-order valence-electron chi connectivity index (χ2n) is 9.57. The van der Waals surface area contributed by atoms with Crippen molar-refractivity contribution in [3.05, 3.63) is 104 Å². The second kappa shape index (κ2) is 10.1. The molecule has 5 rings (SSSR count). The Morgan fingerprint density at radius 3 is 2.10 bits per heavy atom. The Morgan fingerprint density at radius 2 is 1.51 bits per heavy atom. The van der Waals surface area contributed by atoms with Gasteiger partial charge in [-0.15, -0.1) is 0 Å². The highest BCUT2D eigenvalue weighted by molar-refractivity contribution is 6.32. The molecule has 3 aromatic carbocycles. The molecule has 0 fully saturated rings. The van der Waals surface area contributed by atoms with Crippen molar-refractivity contribution in [2.24, 2.45) is 5.10 Å². The fourth-order valence-electron chi connectivity index (χ4n) is 4.82. The van der Waals surface area contributed by atoms with Crippen molar-refractivity contribution < 1.29 is 35.5 Å². The Kier molecular flexibility index (Phi) is 6.97. The summed E-state index contributed by atoms with van der Waals surface area (Å²) in [5.74, 6) is -11.3. The zero-order valence-electron chi connectivity index (χ0n) is 21.6. The summed E-state index contributed by atoms with van der Waals surface area (Å²) >= 11 is 6.01. The minimum absolute atomic E-state index is 0.0334. The van der Waals surface area contributed by atoms with Gasteiger partial charge in [-0.05, 0) is 56.7 Å². The van der Waals surface area contributed by atoms with Crippen LogP contribution in [0.15, 0.2) is 53.1 Å². The van der Waals surface area contributed by atoms with E-state index in [0.29, 0.717) is 17.1 Å². The molecule has 0 aliphatic carbocycles. The molecule has 2 heterocycles. The number of hydrogen-bond acceptors (Lipinski definition) is 2. The highest BCUT2D eigenvalue weighted by Gasteiger charge is 2.45. The van der Waals surface area contributed by atoms with E-state index in [-0.39, 0.29) is 16.3 Å². The number of aromatic nitrogens is 1. The first-order valence-electron chi connectivity index (χ1n) is 12.1. The molecule has 12 heteroatoms. The molecule has 0 bridgehead atoms. The van der Waals surface area contributed by atoms with E-state index in [2.05, 4.69) is 5.10 Å². The van der Waals surface area contributed by atoms with Crippen LogP contribution in [0, 0.1) is 37.1 Å². The molecule has 4 aromatic rings. The normalized spacial score (nSPS) is 15.0. The van der Waals surface area contributed by atoms with Gasteiger partial charge in [0.25, 0.3) is 5.91 Å². The molecule has 0 N–H and O–H groups in total. The van der Waals surface area contributed by atoms with Crippen LogP contribution in [0.4, 0.5) is 36.4 Å². The van der Waals surface area contributed by atoms with Crippen LogP contribution in [0.5, 0.6) is 0 Å². The van der Waals surface area contributed by atoms with Crippen molar-refractivity contribution in [3.8, 4) is 0 Å². The van der Waals surface area contributed by atoms with Crippen molar-refractivity contribution in [1.82, 2.24) is 4.57 Å². The summed E-state index contributed by atoms with van der Waals surface area (Å²) in [6.45, 7) is 5.45. The maximum atomic E-state index is 14.7. The predicted octanol–water partition coefficient (Wildman–Crippen LogP) is 8.34. The zero-order valence-corrected chi connectivity index (χ0v) is 22.4. The van der Waals surface area contributed by atoms with Gasteiger partial charge in [0, 0.05) is 33.7 Å². The number of amides is 1. The Balaban J connectivity index is 1.62. The van der Waals surface area contributed by atoms with Gasteiger partial charge < -0.3 is 4.57 Å². The Hall–Kier alpha value is -4.12. The van der Waals surface area contributed by atoms with Gasteiger partial charge in [-0.25, -0.2) is 17.6 Å². The number of anilines is 1. The topological polar surface area (TPSA) is 37.6 Å². The molecule has 0 spiro atoms. The number of alkyl halides is 3. The van der Waals surface area contributed by atoms with Crippen molar-refractivity contribution in [1.29, 1.82) is 0 Å². The van der Waals surface area contributed by atoms with Gasteiger partial charge >= 0.3 is 6.18 Å². The lowest BCUT2D eigenvalue weighted by Crippen LogP contribution is -2.26. The summed E-state index contributed by atoms with van der Waals surface area (Å²) < 4.78 is 99.1. The van der Waals surface area contributed by atoms with Gasteiger partial charge in [0.1, 0.15) is 11.3 Å². The lowest BCUT2D eigenvalue weighted by Gasteiger charge is -2.18. The SMILES string of the molecule is CC1=NN(c2c(F)c(F)c(C(F)(F)F)c(F)c2F)C(=O)/C1=C/c1c(C)n(Cc2ccc(Cl)cc2)c2ccc(C)cc12. The third kappa shape index (κ3) is 4.77. The third-order valence-electron chi connectivity index (χ3n) is 6.87. The quantitative estimate of drug-likeness (QED) is 0.133. The van der Waals surface area contributed by atoms with E-state index in [9.17, 15) is 35.5 Å². The first-order valence-corrected chi connectivity index (χ1v) is 12.5. The maximum absolute atomic E-state index is 14.7. The second-order valence-corrected chi connectivity index (χ2v) is 10.0. The van der Waals surface area contributed by atoms with Gasteiger partial charge in [-0.1, -0.05) is 35.4 Å². The number of hydrogen-bond donors (Lipinski definition) is 0. The average Bonchev–Trinajstić information content (AvgIpc) is 3.31. The Morgan fingerprint density at radius 1 is 0.902 bits per heavy atom. The van der Waals surface area contributed by atoms with E-state index in [0.717, 1.165) is 27.7 Å². The molecule has 1 aromatic heterocycles. The molecule has 0 unspecified atom stereocenters. The summed E-state index contributed by atoms with van der Waals surface area (Å²) in [5.41, 5.74) is -0.704. The van der Waals surface area contributed by atoms with E-state index in [4.69, 9.17) is 11.6 Å². The van der Waals surface area contributed by atoms with Gasteiger partial charge in [-0.3, -0.25) is 4.79 Å². The number of rotatable bonds is 4. The first kappa shape index (κ1) is 28.4. The molecule has 4 nitrogen and oxygen atoms in total. The van der Waals surface area contributed by atoms with Gasteiger partial charge in [0.2, 0.25) is 0 Å². The van der Waals surface area contributed by atoms with Gasteiger partial charge in [0.15, 0.2) is 23.3 Å². The fraction of sp³-hybridized carbons (Fsp3) is 0.172. The van der Waals surface area contributed by atoms with Gasteiger partial charge in [-0.2, -0.15) is 23.3 Å². The van der Waals surface area contributed by atoms with Crippen LogP contribution in [-0.2, 0) is 17.5 Å². The lowest BCUT2D eigenvalue weighted by atomic mass is 10.0. The van der Waals surface area contributed by atoms with Crippen LogP contribution in [-0.4, -0.2) is 16.2 Å².